The van der Waals surface area contributed by atoms with Crippen LogP contribution in [0.4, 0.5) is 13.2 Å². The zero-order chi connectivity index (χ0) is 13.5. The highest BCUT2D eigenvalue weighted by atomic mass is 19.4. The SMILES string of the molecule is FC(F)(F)C1CCC(c2ccc3c(c2)CCO3)NC1. The van der Waals surface area contributed by atoms with E-state index in [-0.39, 0.29) is 19.0 Å². The molecule has 0 aromatic heterocycles. The molecular weight excluding hydrogens is 255 g/mol. The molecule has 2 atom stereocenters. The fourth-order valence-electron chi connectivity index (χ4n) is 2.84. The first kappa shape index (κ1) is 12.8. The molecule has 2 heterocycles. The van der Waals surface area contributed by atoms with Crippen molar-refractivity contribution < 1.29 is 17.9 Å². The average Bonchev–Trinajstić information content (AvgIpc) is 2.85. The van der Waals surface area contributed by atoms with Gasteiger partial charge in [-0.15, -0.1) is 0 Å². The highest BCUT2D eigenvalue weighted by Gasteiger charge is 2.41. The van der Waals surface area contributed by atoms with Crippen LogP contribution < -0.4 is 10.1 Å². The topological polar surface area (TPSA) is 21.3 Å². The zero-order valence-corrected chi connectivity index (χ0v) is 10.5. The van der Waals surface area contributed by atoms with Crippen LogP contribution in [-0.4, -0.2) is 19.3 Å². The van der Waals surface area contributed by atoms with E-state index in [4.69, 9.17) is 4.74 Å². The predicted molar refractivity (Wildman–Crippen MR) is 65.2 cm³/mol. The second-order valence-electron chi connectivity index (χ2n) is 5.24. The quantitative estimate of drug-likeness (QED) is 0.846. The molecule has 1 aromatic rings. The van der Waals surface area contributed by atoms with E-state index in [1.54, 1.807) is 0 Å². The van der Waals surface area contributed by atoms with E-state index in [1.807, 2.05) is 12.1 Å². The molecule has 1 N–H and O–H groups in total. The summed E-state index contributed by atoms with van der Waals surface area (Å²) in [6.45, 7) is 0.717. The minimum Gasteiger partial charge on any atom is -0.493 e. The molecule has 0 bridgehead atoms. The Bertz CT molecular complexity index is 464. The normalized spacial score (nSPS) is 26.9. The number of rotatable bonds is 1. The monoisotopic (exact) mass is 271 g/mol. The third-order valence-corrected chi connectivity index (χ3v) is 3.99. The van der Waals surface area contributed by atoms with Gasteiger partial charge in [-0.25, -0.2) is 0 Å². The Labute approximate surface area is 109 Å². The lowest BCUT2D eigenvalue weighted by molar-refractivity contribution is -0.179. The van der Waals surface area contributed by atoms with Gasteiger partial charge in [0.2, 0.25) is 0 Å². The number of piperidine rings is 1. The predicted octanol–water partition coefficient (Wildman–Crippen LogP) is 3.22. The molecule has 1 aromatic carbocycles. The lowest BCUT2D eigenvalue weighted by atomic mass is 9.90. The van der Waals surface area contributed by atoms with Gasteiger partial charge < -0.3 is 10.1 Å². The molecular formula is C14H16F3NO. The van der Waals surface area contributed by atoms with Crippen molar-refractivity contribution in [1.82, 2.24) is 5.32 Å². The lowest BCUT2D eigenvalue weighted by Gasteiger charge is -2.31. The third kappa shape index (κ3) is 2.56. The van der Waals surface area contributed by atoms with Crippen LogP contribution in [0.1, 0.15) is 30.0 Å². The summed E-state index contributed by atoms with van der Waals surface area (Å²) < 4.78 is 43.2. The van der Waals surface area contributed by atoms with Gasteiger partial charge in [0.05, 0.1) is 12.5 Å². The highest BCUT2D eigenvalue weighted by molar-refractivity contribution is 5.40. The Morgan fingerprint density at radius 2 is 2.05 bits per heavy atom. The summed E-state index contributed by atoms with van der Waals surface area (Å²) in [5, 5.41) is 3.02. The first-order chi connectivity index (χ1) is 9.04. The number of alkyl halides is 3. The Morgan fingerprint density at radius 3 is 2.74 bits per heavy atom. The van der Waals surface area contributed by atoms with Crippen molar-refractivity contribution in [2.75, 3.05) is 13.2 Å². The number of benzene rings is 1. The van der Waals surface area contributed by atoms with E-state index in [2.05, 4.69) is 11.4 Å². The fourth-order valence-corrected chi connectivity index (χ4v) is 2.84. The first-order valence-corrected chi connectivity index (χ1v) is 6.60. The number of hydrogen-bond donors (Lipinski definition) is 1. The van der Waals surface area contributed by atoms with E-state index in [0.29, 0.717) is 13.0 Å². The standard InChI is InChI=1S/C14H16F3NO/c15-14(16,17)11-2-3-12(18-8-11)9-1-4-13-10(7-9)5-6-19-13/h1,4,7,11-12,18H,2-3,5-6,8H2. The number of fused-ring (bicyclic) bond motifs is 1. The highest BCUT2D eigenvalue weighted by Crippen LogP contribution is 2.36. The molecule has 0 aliphatic carbocycles. The molecule has 2 aliphatic heterocycles. The van der Waals surface area contributed by atoms with Crippen molar-refractivity contribution in [3.63, 3.8) is 0 Å². The van der Waals surface area contributed by atoms with Crippen molar-refractivity contribution in [2.24, 2.45) is 5.92 Å². The third-order valence-electron chi connectivity index (χ3n) is 3.99. The summed E-state index contributed by atoms with van der Waals surface area (Å²) in [6, 6.07) is 5.98. The fraction of sp³-hybridized carbons (Fsp3) is 0.571. The molecule has 0 amide bonds. The second-order valence-corrected chi connectivity index (χ2v) is 5.24. The Balaban J connectivity index is 1.69. The molecule has 1 fully saturated rings. The average molecular weight is 271 g/mol. The van der Waals surface area contributed by atoms with Crippen LogP contribution in [0.15, 0.2) is 18.2 Å². The van der Waals surface area contributed by atoms with Crippen molar-refractivity contribution in [3.8, 4) is 5.75 Å². The van der Waals surface area contributed by atoms with Crippen molar-refractivity contribution >= 4 is 0 Å². The maximum atomic E-state index is 12.6. The van der Waals surface area contributed by atoms with Gasteiger partial charge in [-0.3, -0.25) is 0 Å². The Morgan fingerprint density at radius 1 is 1.21 bits per heavy atom. The van der Waals surface area contributed by atoms with Crippen molar-refractivity contribution in [3.05, 3.63) is 29.3 Å². The van der Waals surface area contributed by atoms with E-state index >= 15 is 0 Å². The second kappa shape index (κ2) is 4.71. The van der Waals surface area contributed by atoms with E-state index in [1.165, 1.54) is 0 Å². The van der Waals surface area contributed by atoms with E-state index < -0.39 is 12.1 Å². The van der Waals surface area contributed by atoms with E-state index in [0.717, 1.165) is 23.3 Å². The summed E-state index contributed by atoms with van der Waals surface area (Å²) in [6.07, 6.45) is -2.45. The molecule has 5 heteroatoms. The zero-order valence-electron chi connectivity index (χ0n) is 10.5. The van der Waals surface area contributed by atoms with Gasteiger partial charge in [-0.1, -0.05) is 12.1 Å². The molecule has 1 saturated heterocycles. The summed E-state index contributed by atoms with van der Waals surface area (Å²) >= 11 is 0. The maximum Gasteiger partial charge on any atom is 0.393 e. The number of nitrogens with one attached hydrogen (secondary N) is 1. The number of ether oxygens (including phenoxy) is 1. The Kier molecular flexibility index (Phi) is 3.17. The molecule has 2 nitrogen and oxygen atoms in total. The van der Waals surface area contributed by atoms with Gasteiger partial charge in [0, 0.05) is 19.0 Å². The van der Waals surface area contributed by atoms with Gasteiger partial charge in [0.25, 0.3) is 0 Å². The van der Waals surface area contributed by atoms with Crippen LogP contribution >= 0.6 is 0 Å². The number of halogens is 3. The molecule has 0 radical (unpaired) electrons. The molecule has 2 aliphatic rings. The molecule has 0 saturated carbocycles. The van der Waals surface area contributed by atoms with Gasteiger partial charge in [0.1, 0.15) is 5.75 Å². The summed E-state index contributed by atoms with van der Waals surface area (Å²) in [7, 11) is 0. The minimum absolute atomic E-state index is 0.0156. The minimum atomic E-state index is -4.08. The van der Waals surface area contributed by atoms with E-state index in [9.17, 15) is 13.2 Å². The lowest BCUT2D eigenvalue weighted by Crippen LogP contribution is -2.40. The van der Waals surface area contributed by atoms with Crippen LogP contribution in [0.3, 0.4) is 0 Å². The van der Waals surface area contributed by atoms with Gasteiger partial charge in [-0.05, 0) is 30.0 Å². The van der Waals surface area contributed by atoms with Gasteiger partial charge in [-0.2, -0.15) is 13.2 Å². The Hall–Kier alpha value is -1.23. The van der Waals surface area contributed by atoms with Gasteiger partial charge in [0.15, 0.2) is 0 Å². The van der Waals surface area contributed by atoms with Crippen LogP contribution in [0, 0.1) is 5.92 Å². The number of hydrogen-bond acceptors (Lipinski definition) is 2. The molecule has 104 valence electrons. The van der Waals surface area contributed by atoms with Crippen LogP contribution in [0.2, 0.25) is 0 Å². The van der Waals surface area contributed by atoms with Crippen LogP contribution in [0.25, 0.3) is 0 Å². The smallest absolute Gasteiger partial charge is 0.393 e. The van der Waals surface area contributed by atoms with Crippen LogP contribution in [0.5, 0.6) is 5.75 Å². The van der Waals surface area contributed by atoms with Crippen molar-refractivity contribution in [2.45, 2.75) is 31.5 Å². The largest absolute Gasteiger partial charge is 0.493 e. The summed E-state index contributed by atoms with van der Waals surface area (Å²) in [5.41, 5.74) is 2.24. The maximum absolute atomic E-state index is 12.6. The first-order valence-electron chi connectivity index (χ1n) is 6.60. The van der Waals surface area contributed by atoms with Gasteiger partial charge >= 0.3 is 6.18 Å². The van der Waals surface area contributed by atoms with Crippen LogP contribution in [-0.2, 0) is 6.42 Å². The summed E-state index contributed by atoms with van der Waals surface area (Å²) in [4.78, 5) is 0. The molecule has 19 heavy (non-hydrogen) atoms. The summed E-state index contributed by atoms with van der Waals surface area (Å²) in [5.74, 6) is -0.297. The van der Waals surface area contributed by atoms with Crippen molar-refractivity contribution in [1.29, 1.82) is 0 Å². The molecule has 0 spiro atoms. The molecule has 2 unspecified atom stereocenters. The molecule has 3 rings (SSSR count).